The lowest BCUT2D eigenvalue weighted by Crippen LogP contribution is -2.23. The van der Waals surface area contributed by atoms with Crippen LogP contribution in [0.15, 0.2) is 37.1 Å². The number of hydrogen-bond donors (Lipinski definition) is 0. The molecule has 0 saturated heterocycles. The third kappa shape index (κ3) is 2.86. The first kappa shape index (κ1) is 11.2. The van der Waals surface area contributed by atoms with Gasteiger partial charge in [-0.25, -0.2) is 0 Å². The highest BCUT2D eigenvalue weighted by atomic mass is 16.5. The van der Waals surface area contributed by atoms with Gasteiger partial charge in [0.15, 0.2) is 0 Å². The Morgan fingerprint density at radius 3 is 2.88 bits per heavy atom. The maximum Gasteiger partial charge on any atom is 0.111 e. The lowest BCUT2D eigenvalue weighted by molar-refractivity contribution is 0.0184. The van der Waals surface area contributed by atoms with Crippen LogP contribution in [0.1, 0.15) is 17.5 Å². The highest BCUT2D eigenvalue weighted by Crippen LogP contribution is 2.22. The summed E-state index contributed by atoms with van der Waals surface area (Å²) < 4.78 is 10.8. The minimum absolute atomic E-state index is 0.350. The molecule has 16 heavy (non-hydrogen) atoms. The van der Waals surface area contributed by atoms with Crippen LogP contribution >= 0.6 is 0 Å². The van der Waals surface area contributed by atoms with E-state index >= 15 is 0 Å². The highest BCUT2D eigenvalue weighted by Gasteiger charge is 2.18. The third-order valence-corrected chi connectivity index (χ3v) is 2.97. The lowest BCUT2D eigenvalue weighted by Gasteiger charge is -2.24. The molecule has 2 nitrogen and oxygen atoms in total. The number of aryl methyl sites for hydroxylation is 1. The van der Waals surface area contributed by atoms with Crippen LogP contribution in [-0.2, 0) is 22.3 Å². The predicted octanol–water partition coefficient (Wildman–Crippen LogP) is 2.72. The van der Waals surface area contributed by atoms with Gasteiger partial charge in [0.1, 0.15) is 6.61 Å². The topological polar surface area (TPSA) is 18.5 Å². The Kier molecular flexibility index (Phi) is 4.00. The second-order valence-electron chi connectivity index (χ2n) is 4.04. The third-order valence-electron chi connectivity index (χ3n) is 2.97. The molecule has 0 N–H and O–H groups in total. The maximum absolute atomic E-state index is 5.77. The Bertz CT molecular complexity index is 346. The summed E-state index contributed by atoms with van der Waals surface area (Å²) in [4.78, 5) is 0. The molecule has 0 amide bonds. The van der Waals surface area contributed by atoms with Gasteiger partial charge in [0.2, 0.25) is 0 Å². The van der Waals surface area contributed by atoms with Crippen molar-refractivity contribution < 1.29 is 9.47 Å². The molecule has 1 aliphatic carbocycles. The Hall–Kier alpha value is -1.28. The molecule has 1 atom stereocenters. The van der Waals surface area contributed by atoms with Crippen LogP contribution in [-0.4, -0.2) is 19.3 Å². The molecule has 0 aliphatic heterocycles. The van der Waals surface area contributed by atoms with Gasteiger partial charge in [-0.1, -0.05) is 30.8 Å². The number of ether oxygens (including phenoxy) is 2. The van der Waals surface area contributed by atoms with Gasteiger partial charge in [-0.05, 0) is 30.4 Å². The first-order valence-electron chi connectivity index (χ1n) is 5.81. The maximum atomic E-state index is 5.77. The average molecular weight is 218 g/mol. The van der Waals surface area contributed by atoms with Gasteiger partial charge in [-0.15, -0.1) is 0 Å². The zero-order valence-corrected chi connectivity index (χ0v) is 9.52. The normalized spacial score (nSPS) is 18.9. The van der Waals surface area contributed by atoms with Crippen LogP contribution in [0.2, 0.25) is 0 Å². The van der Waals surface area contributed by atoms with E-state index in [1.165, 1.54) is 17.4 Å². The van der Waals surface area contributed by atoms with Crippen molar-refractivity contribution in [1.82, 2.24) is 0 Å². The Balaban J connectivity index is 1.81. The van der Waals surface area contributed by atoms with Crippen molar-refractivity contribution in [2.45, 2.75) is 25.4 Å². The Morgan fingerprint density at radius 1 is 1.25 bits per heavy atom. The molecule has 1 aliphatic rings. The van der Waals surface area contributed by atoms with Gasteiger partial charge in [0.25, 0.3) is 0 Å². The Labute approximate surface area is 96.9 Å². The van der Waals surface area contributed by atoms with Crippen LogP contribution in [0, 0.1) is 0 Å². The van der Waals surface area contributed by atoms with Crippen LogP contribution in [0.4, 0.5) is 0 Å². The van der Waals surface area contributed by atoms with E-state index in [-0.39, 0.29) is 0 Å². The summed E-state index contributed by atoms with van der Waals surface area (Å²) in [5, 5.41) is 0. The fraction of sp³-hybridized carbons (Fsp3) is 0.429. The summed E-state index contributed by atoms with van der Waals surface area (Å²) in [6, 6.07) is 8.62. The van der Waals surface area contributed by atoms with E-state index in [9.17, 15) is 0 Å². The van der Waals surface area contributed by atoms with Gasteiger partial charge in [-0.3, -0.25) is 0 Å². The summed E-state index contributed by atoms with van der Waals surface area (Å²) in [5.74, 6) is 0. The van der Waals surface area contributed by atoms with Gasteiger partial charge in [0.05, 0.1) is 19.0 Å². The van der Waals surface area contributed by atoms with E-state index < -0.39 is 0 Å². The molecule has 1 aromatic carbocycles. The van der Waals surface area contributed by atoms with E-state index in [0.717, 1.165) is 19.3 Å². The standard InChI is InChI=1S/C14H18O2/c1-2-15-9-10-16-14-8-7-12-5-3-4-6-13(12)11-14/h2-6,14H,1,7-11H2. The van der Waals surface area contributed by atoms with Crippen LogP contribution in [0.25, 0.3) is 0 Å². The van der Waals surface area contributed by atoms with Gasteiger partial charge in [-0.2, -0.15) is 0 Å². The van der Waals surface area contributed by atoms with Crippen LogP contribution in [0.5, 0.6) is 0 Å². The molecule has 0 spiro atoms. The molecule has 0 aromatic heterocycles. The minimum Gasteiger partial charge on any atom is -0.499 e. The van der Waals surface area contributed by atoms with Crippen molar-refractivity contribution in [2.24, 2.45) is 0 Å². The van der Waals surface area contributed by atoms with E-state index in [1.807, 2.05) is 0 Å². The zero-order chi connectivity index (χ0) is 11.2. The summed E-state index contributed by atoms with van der Waals surface area (Å²) in [6.45, 7) is 4.75. The molecule has 0 heterocycles. The fourth-order valence-corrected chi connectivity index (χ4v) is 2.15. The Morgan fingerprint density at radius 2 is 2.06 bits per heavy atom. The molecule has 0 radical (unpaired) electrons. The molecule has 0 fully saturated rings. The quantitative estimate of drug-likeness (QED) is 0.559. The molecule has 2 rings (SSSR count). The number of benzene rings is 1. The van der Waals surface area contributed by atoms with E-state index in [4.69, 9.17) is 9.47 Å². The molecular weight excluding hydrogens is 200 g/mol. The molecule has 1 unspecified atom stereocenters. The van der Waals surface area contributed by atoms with Crippen molar-refractivity contribution in [3.8, 4) is 0 Å². The van der Waals surface area contributed by atoms with Crippen molar-refractivity contribution in [1.29, 1.82) is 0 Å². The summed E-state index contributed by atoms with van der Waals surface area (Å²) >= 11 is 0. The van der Waals surface area contributed by atoms with E-state index in [0.29, 0.717) is 19.3 Å². The van der Waals surface area contributed by atoms with Crippen LogP contribution < -0.4 is 0 Å². The van der Waals surface area contributed by atoms with Gasteiger partial charge in [0, 0.05) is 0 Å². The molecule has 2 heteroatoms. The van der Waals surface area contributed by atoms with Crippen LogP contribution in [0.3, 0.4) is 0 Å². The molecule has 0 bridgehead atoms. The van der Waals surface area contributed by atoms with Gasteiger partial charge >= 0.3 is 0 Å². The van der Waals surface area contributed by atoms with Crippen molar-refractivity contribution in [3.63, 3.8) is 0 Å². The smallest absolute Gasteiger partial charge is 0.111 e. The lowest BCUT2D eigenvalue weighted by atomic mass is 9.90. The van der Waals surface area contributed by atoms with E-state index in [1.54, 1.807) is 0 Å². The second-order valence-corrected chi connectivity index (χ2v) is 4.04. The molecule has 86 valence electrons. The predicted molar refractivity (Wildman–Crippen MR) is 64.4 cm³/mol. The zero-order valence-electron chi connectivity index (χ0n) is 9.52. The van der Waals surface area contributed by atoms with Crippen molar-refractivity contribution in [3.05, 3.63) is 48.2 Å². The fourth-order valence-electron chi connectivity index (χ4n) is 2.15. The molecule has 1 aromatic rings. The minimum atomic E-state index is 0.350. The largest absolute Gasteiger partial charge is 0.499 e. The number of fused-ring (bicyclic) bond motifs is 1. The summed E-state index contributed by atoms with van der Waals surface area (Å²) in [5.41, 5.74) is 2.91. The average Bonchev–Trinajstić information content (AvgIpc) is 2.34. The second kappa shape index (κ2) is 5.71. The first-order chi connectivity index (χ1) is 7.90. The van der Waals surface area contributed by atoms with E-state index in [2.05, 4.69) is 30.8 Å². The monoisotopic (exact) mass is 218 g/mol. The van der Waals surface area contributed by atoms with Gasteiger partial charge < -0.3 is 9.47 Å². The molecular formula is C14H18O2. The van der Waals surface area contributed by atoms with Crippen molar-refractivity contribution >= 4 is 0 Å². The SMILES string of the molecule is C=COCCOC1CCc2ccccc2C1. The highest BCUT2D eigenvalue weighted by molar-refractivity contribution is 5.29. The summed E-state index contributed by atoms with van der Waals surface area (Å²) in [7, 11) is 0. The number of rotatable bonds is 5. The molecule has 0 saturated carbocycles. The first-order valence-corrected chi connectivity index (χ1v) is 5.81. The van der Waals surface area contributed by atoms with Crippen molar-refractivity contribution in [2.75, 3.05) is 13.2 Å². The number of hydrogen-bond acceptors (Lipinski definition) is 2. The summed E-state index contributed by atoms with van der Waals surface area (Å²) in [6.07, 6.45) is 5.08.